The average Bonchev–Trinajstić information content (AvgIpc) is 2.89. The number of carbonyl (C=O) groups is 2. The first-order valence-electron chi connectivity index (χ1n) is 11.9. The molecule has 0 saturated heterocycles. The maximum atomic E-state index is 13.5. The molecule has 7 nitrogen and oxygen atoms in total. The smallest absolute Gasteiger partial charge is 0.334 e. The van der Waals surface area contributed by atoms with Crippen molar-refractivity contribution in [3.8, 4) is 0 Å². The first-order valence-corrected chi connectivity index (χ1v) is 14.2. The Labute approximate surface area is 222 Å². The van der Waals surface area contributed by atoms with Crippen LogP contribution >= 0.6 is 11.8 Å². The van der Waals surface area contributed by atoms with Gasteiger partial charge in [0.2, 0.25) is 14.8 Å². The Morgan fingerprint density at radius 3 is 1.86 bits per heavy atom. The lowest BCUT2D eigenvalue weighted by Crippen LogP contribution is -2.49. The molecule has 3 aromatic rings. The van der Waals surface area contributed by atoms with E-state index in [0.717, 1.165) is 17.3 Å². The van der Waals surface area contributed by atoms with E-state index >= 15 is 0 Å². The van der Waals surface area contributed by atoms with Crippen LogP contribution in [0, 0.1) is 6.92 Å². The van der Waals surface area contributed by atoms with Gasteiger partial charge in [0, 0.05) is 17.4 Å². The van der Waals surface area contributed by atoms with Crippen molar-refractivity contribution in [2.75, 3.05) is 13.2 Å². The Hall–Kier alpha value is -3.14. The SMILES string of the molecule is CCOC(=O)C(CC(NS(=O)(=O)c1ccc(C)cc1)c1ccccc1)(Sc1ccccc1)C(=O)OCC. The maximum Gasteiger partial charge on any atom is 0.334 e. The van der Waals surface area contributed by atoms with Gasteiger partial charge in [-0.1, -0.05) is 78.0 Å². The second kappa shape index (κ2) is 12.9. The molecule has 9 heteroatoms. The van der Waals surface area contributed by atoms with Crippen LogP contribution in [0.4, 0.5) is 0 Å². The zero-order chi connectivity index (χ0) is 26.9. The van der Waals surface area contributed by atoms with Gasteiger partial charge in [-0.2, -0.15) is 0 Å². The summed E-state index contributed by atoms with van der Waals surface area (Å²) in [6, 6.07) is 23.3. The topological polar surface area (TPSA) is 98.8 Å². The Bertz CT molecular complexity index is 1260. The molecule has 0 aromatic heterocycles. The number of thioether (sulfide) groups is 1. The molecule has 0 heterocycles. The van der Waals surface area contributed by atoms with E-state index in [1.54, 1.807) is 80.6 Å². The number of hydrogen-bond acceptors (Lipinski definition) is 7. The summed E-state index contributed by atoms with van der Waals surface area (Å²) in [5, 5.41) is 0. The Kier molecular flexibility index (Phi) is 9.91. The van der Waals surface area contributed by atoms with Crippen LogP contribution in [0.5, 0.6) is 0 Å². The van der Waals surface area contributed by atoms with Gasteiger partial charge in [0.05, 0.1) is 18.1 Å². The lowest BCUT2D eigenvalue weighted by atomic mass is 9.94. The number of carbonyl (C=O) groups excluding carboxylic acids is 2. The number of benzene rings is 3. The standard InChI is InChI=1S/C28H31NO6S2/c1-4-34-26(30)28(27(31)35-5-2,36-23-14-10-7-11-15-23)20-25(22-12-8-6-9-13-22)29-37(32,33)24-18-16-21(3)17-19-24/h6-19,25,29H,4-5,20H2,1-3H3. The van der Waals surface area contributed by atoms with Crippen LogP contribution in [0.15, 0.2) is 94.7 Å². The van der Waals surface area contributed by atoms with E-state index in [2.05, 4.69) is 4.72 Å². The quantitative estimate of drug-likeness (QED) is 0.194. The van der Waals surface area contributed by atoms with E-state index in [1.807, 2.05) is 13.0 Å². The summed E-state index contributed by atoms with van der Waals surface area (Å²) in [5.41, 5.74) is 1.51. The van der Waals surface area contributed by atoms with Gasteiger partial charge in [0.25, 0.3) is 0 Å². The predicted octanol–water partition coefficient (Wildman–Crippen LogP) is 5.06. The number of ether oxygens (including phenoxy) is 2. The van der Waals surface area contributed by atoms with Crippen LogP contribution in [0.3, 0.4) is 0 Å². The normalized spacial score (nSPS) is 12.5. The molecule has 0 spiro atoms. The third kappa shape index (κ3) is 7.21. The van der Waals surface area contributed by atoms with Gasteiger partial charge in [0.15, 0.2) is 0 Å². The highest BCUT2D eigenvalue weighted by Crippen LogP contribution is 2.42. The fourth-order valence-corrected chi connectivity index (χ4v) is 6.19. The molecular weight excluding hydrogens is 510 g/mol. The zero-order valence-corrected chi connectivity index (χ0v) is 22.7. The number of rotatable bonds is 12. The van der Waals surface area contributed by atoms with Gasteiger partial charge in [-0.3, -0.25) is 0 Å². The summed E-state index contributed by atoms with van der Waals surface area (Å²) in [7, 11) is -4.01. The van der Waals surface area contributed by atoms with Crippen LogP contribution in [0.2, 0.25) is 0 Å². The minimum Gasteiger partial charge on any atom is -0.465 e. The molecule has 3 rings (SSSR count). The van der Waals surface area contributed by atoms with Gasteiger partial charge in [0.1, 0.15) is 0 Å². The number of hydrogen-bond donors (Lipinski definition) is 1. The Morgan fingerprint density at radius 1 is 0.838 bits per heavy atom. The van der Waals surface area contributed by atoms with E-state index in [4.69, 9.17) is 9.47 Å². The molecule has 37 heavy (non-hydrogen) atoms. The van der Waals surface area contributed by atoms with Gasteiger partial charge in [-0.05, 0) is 50.6 Å². The highest BCUT2D eigenvalue weighted by atomic mass is 32.2. The van der Waals surface area contributed by atoms with Crippen molar-refractivity contribution >= 4 is 33.7 Å². The molecule has 196 valence electrons. The van der Waals surface area contributed by atoms with Crippen LogP contribution in [-0.2, 0) is 29.1 Å². The van der Waals surface area contributed by atoms with Crippen molar-refractivity contribution in [2.24, 2.45) is 0 Å². The van der Waals surface area contributed by atoms with Crippen molar-refractivity contribution in [3.05, 3.63) is 96.1 Å². The lowest BCUT2D eigenvalue weighted by Gasteiger charge is -2.32. The molecule has 0 radical (unpaired) electrons. The number of esters is 2. The minimum absolute atomic E-state index is 0.0421. The van der Waals surface area contributed by atoms with Crippen LogP contribution < -0.4 is 4.72 Å². The van der Waals surface area contributed by atoms with Crippen molar-refractivity contribution in [3.63, 3.8) is 0 Å². The van der Waals surface area contributed by atoms with Crippen molar-refractivity contribution < 1.29 is 27.5 Å². The van der Waals surface area contributed by atoms with Crippen LogP contribution in [-0.4, -0.2) is 38.3 Å². The Balaban J connectivity index is 2.12. The van der Waals surface area contributed by atoms with Crippen LogP contribution in [0.1, 0.15) is 37.4 Å². The molecule has 3 aromatic carbocycles. The molecule has 0 fully saturated rings. The largest absolute Gasteiger partial charge is 0.465 e. The van der Waals surface area contributed by atoms with Gasteiger partial charge >= 0.3 is 11.9 Å². The first-order chi connectivity index (χ1) is 17.7. The highest BCUT2D eigenvalue weighted by molar-refractivity contribution is 8.02. The maximum absolute atomic E-state index is 13.5. The van der Waals surface area contributed by atoms with E-state index in [1.165, 1.54) is 12.1 Å². The minimum atomic E-state index is -4.01. The molecular formula is C28H31NO6S2. The van der Waals surface area contributed by atoms with E-state index in [0.29, 0.717) is 10.5 Å². The van der Waals surface area contributed by atoms with Gasteiger partial charge in [-0.25, -0.2) is 22.7 Å². The second-order valence-corrected chi connectivity index (χ2v) is 11.4. The summed E-state index contributed by atoms with van der Waals surface area (Å²) >= 11 is 0.995. The predicted molar refractivity (Wildman–Crippen MR) is 144 cm³/mol. The molecule has 0 saturated carbocycles. The van der Waals surface area contributed by atoms with Gasteiger partial charge in [-0.15, -0.1) is 0 Å². The molecule has 0 bridgehead atoms. The summed E-state index contributed by atoms with van der Waals surface area (Å²) in [6.07, 6.45) is -0.237. The van der Waals surface area contributed by atoms with Crippen molar-refractivity contribution in [1.82, 2.24) is 4.72 Å². The number of aryl methyl sites for hydroxylation is 1. The number of sulfonamides is 1. The van der Waals surface area contributed by atoms with Crippen LogP contribution in [0.25, 0.3) is 0 Å². The average molecular weight is 542 g/mol. The number of nitrogens with one attached hydrogen (secondary N) is 1. The summed E-state index contributed by atoms with van der Waals surface area (Å²) in [6.45, 7) is 5.25. The molecule has 1 atom stereocenters. The molecule has 1 N–H and O–H groups in total. The lowest BCUT2D eigenvalue weighted by molar-refractivity contribution is -0.159. The second-order valence-electron chi connectivity index (χ2n) is 8.28. The third-order valence-electron chi connectivity index (χ3n) is 5.57. The monoisotopic (exact) mass is 541 g/mol. The summed E-state index contributed by atoms with van der Waals surface area (Å²) < 4.78 is 38.4. The van der Waals surface area contributed by atoms with E-state index in [9.17, 15) is 18.0 Å². The summed E-state index contributed by atoms with van der Waals surface area (Å²) in [5.74, 6) is -1.59. The molecule has 0 aliphatic heterocycles. The van der Waals surface area contributed by atoms with Gasteiger partial charge < -0.3 is 9.47 Å². The third-order valence-corrected chi connectivity index (χ3v) is 8.41. The molecule has 0 aliphatic carbocycles. The van der Waals surface area contributed by atoms with E-state index < -0.39 is 32.8 Å². The van der Waals surface area contributed by atoms with Crippen molar-refractivity contribution in [2.45, 2.75) is 47.8 Å². The Morgan fingerprint density at radius 2 is 1.35 bits per heavy atom. The fraction of sp³-hybridized carbons (Fsp3) is 0.286. The summed E-state index contributed by atoms with van der Waals surface area (Å²) in [4.78, 5) is 27.7. The first kappa shape index (κ1) is 28.4. The fourth-order valence-electron chi connectivity index (χ4n) is 3.73. The molecule has 0 aliphatic rings. The molecule has 1 unspecified atom stereocenters. The highest BCUT2D eigenvalue weighted by Gasteiger charge is 2.52. The zero-order valence-electron chi connectivity index (χ0n) is 21.0. The molecule has 0 amide bonds. The van der Waals surface area contributed by atoms with E-state index in [-0.39, 0.29) is 24.5 Å². The van der Waals surface area contributed by atoms with Crippen molar-refractivity contribution in [1.29, 1.82) is 0 Å².